The first-order valence-electron chi connectivity index (χ1n) is 5.51. The van der Waals surface area contributed by atoms with Crippen LogP contribution in [0, 0.1) is 5.82 Å². The number of ether oxygens (including phenoxy) is 1. The van der Waals surface area contributed by atoms with Crippen molar-refractivity contribution >= 4 is 15.9 Å². The molecule has 0 radical (unpaired) electrons. The van der Waals surface area contributed by atoms with Gasteiger partial charge in [0.25, 0.3) is 0 Å². The summed E-state index contributed by atoms with van der Waals surface area (Å²) in [5.41, 5.74) is 0.857. The summed E-state index contributed by atoms with van der Waals surface area (Å²) in [6, 6.07) is 6.23. The van der Waals surface area contributed by atoms with Gasteiger partial charge >= 0.3 is 0 Å². The van der Waals surface area contributed by atoms with E-state index in [0.717, 1.165) is 10.2 Å². The smallest absolute Gasteiger partial charge is 0.222 e. The molecular weight excluding hydrogens is 299 g/mol. The van der Waals surface area contributed by atoms with Gasteiger partial charge in [-0.15, -0.1) is 0 Å². The minimum Gasteiger partial charge on any atom is -0.436 e. The lowest BCUT2D eigenvalue weighted by Gasteiger charge is -2.08. The summed E-state index contributed by atoms with van der Waals surface area (Å²) < 4.78 is 19.7. The van der Waals surface area contributed by atoms with Crippen molar-refractivity contribution < 1.29 is 9.13 Å². The summed E-state index contributed by atoms with van der Waals surface area (Å²) in [5.74, 6) is 0.314. The molecule has 0 aliphatic carbocycles. The fourth-order valence-corrected chi connectivity index (χ4v) is 1.73. The lowest BCUT2D eigenvalue weighted by Crippen LogP contribution is -1.96. The van der Waals surface area contributed by atoms with E-state index in [1.807, 2.05) is 13.8 Å². The highest BCUT2D eigenvalue weighted by Crippen LogP contribution is 2.27. The van der Waals surface area contributed by atoms with E-state index in [1.165, 1.54) is 12.4 Å². The van der Waals surface area contributed by atoms with Gasteiger partial charge in [0.1, 0.15) is 6.33 Å². The van der Waals surface area contributed by atoms with Crippen LogP contribution in [-0.4, -0.2) is 9.97 Å². The molecular formula is C13H12BrFN2O. The third kappa shape index (κ3) is 3.04. The Morgan fingerprint density at radius 3 is 2.72 bits per heavy atom. The third-order valence-corrected chi connectivity index (χ3v) is 2.86. The van der Waals surface area contributed by atoms with Crippen LogP contribution in [0.1, 0.15) is 25.5 Å². The van der Waals surface area contributed by atoms with Crippen LogP contribution in [0.3, 0.4) is 0 Å². The van der Waals surface area contributed by atoms with E-state index in [-0.39, 0.29) is 11.7 Å². The van der Waals surface area contributed by atoms with E-state index in [2.05, 4.69) is 25.9 Å². The van der Waals surface area contributed by atoms with Crippen molar-refractivity contribution in [1.82, 2.24) is 9.97 Å². The normalized spacial score (nSPS) is 10.7. The molecule has 0 spiro atoms. The molecule has 5 heteroatoms. The molecule has 0 aliphatic heterocycles. The van der Waals surface area contributed by atoms with Crippen LogP contribution in [0.2, 0.25) is 0 Å². The maximum atomic E-state index is 13.5. The van der Waals surface area contributed by atoms with Crippen LogP contribution in [0.5, 0.6) is 11.6 Å². The number of benzene rings is 1. The highest BCUT2D eigenvalue weighted by molar-refractivity contribution is 9.10. The molecule has 1 aromatic heterocycles. The molecule has 3 nitrogen and oxygen atoms in total. The zero-order chi connectivity index (χ0) is 13.1. The van der Waals surface area contributed by atoms with Crippen molar-refractivity contribution in [2.75, 3.05) is 0 Å². The zero-order valence-electron chi connectivity index (χ0n) is 10.0. The first-order valence-corrected chi connectivity index (χ1v) is 6.30. The summed E-state index contributed by atoms with van der Waals surface area (Å²) >= 11 is 3.27. The van der Waals surface area contributed by atoms with Crippen molar-refractivity contribution in [1.29, 1.82) is 0 Å². The van der Waals surface area contributed by atoms with Gasteiger partial charge < -0.3 is 4.74 Å². The Bertz CT molecular complexity index is 560. The van der Waals surface area contributed by atoms with Gasteiger partial charge in [0.05, 0.1) is 5.69 Å². The van der Waals surface area contributed by atoms with Crippen molar-refractivity contribution in [3.8, 4) is 11.6 Å². The molecule has 0 atom stereocenters. The lowest BCUT2D eigenvalue weighted by molar-refractivity contribution is 0.425. The average molecular weight is 311 g/mol. The summed E-state index contributed by atoms with van der Waals surface area (Å²) in [5, 5.41) is 0. The Balaban J connectivity index is 2.28. The largest absolute Gasteiger partial charge is 0.436 e. The van der Waals surface area contributed by atoms with Crippen LogP contribution in [-0.2, 0) is 0 Å². The Morgan fingerprint density at radius 2 is 2.00 bits per heavy atom. The van der Waals surface area contributed by atoms with Crippen LogP contribution >= 0.6 is 15.9 Å². The lowest BCUT2D eigenvalue weighted by atomic mass is 10.1. The molecule has 1 aromatic carbocycles. The van der Waals surface area contributed by atoms with E-state index in [0.29, 0.717) is 5.88 Å². The second kappa shape index (κ2) is 5.44. The summed E-state index contributed by atoms with van der Waals surface area (Å²) in [7, 11) is 0. The molecule has 94 valence electrons. The highest BCUT2D eigenvalue weighted by atomic mass is 79.9. The number of halogens is 2. The van der Waals surface area contributed by atoms with Gasteiger partial charge in [-0.2, -0.15) is 0 Å². The molecule has 0 unspecified atom stereocenters. The number of nitrogens with zero attached hydrogens (tertiary/aromatic N) is 2. The van der Waals surface area contributed by atoms with Gasteiger partial charge in [-0.1, -0.05) is 29.8 Å². The third-order valence-electron chi connectivity index (χ3n) is 2.36. The van der Waals surface area contributed by atoms with Gasteiger partial charge in [0.15, 0.2) is 11.6 Å². The van der Waals surface area contributed by atoms with E-state index in [1.54, 1.807) is 18.2 Å². The number of hydrogen-bond donors (Lipinski definition) is 0. The monoisotopic (exact) mass is 310 g/mol. The maximum absolute atomic E-state index is 13.5. The highest BCUT2D eigenvalue weighted by Gasteiger charge is 2.08. The average Bonchev–Trinajstić information content (AvgIpc) is 2.34. The van der Waals surface area contributed by atoms with Gasteiger partial charge in [-0.05, 0) is 24.1 Å². The number of aromatic nitrogens is 2. The summed E-state index contributed by atoms with van der Waals surface area (Å²) in [4.78, 5) is 8.10. The quantitative estimate of drug-likeness (QED) is 0.848. The molecule has 0 fully saturated rings. The minimum atomic E-state index is -0.428. The Kier molecular flexibility index (Phi) is 3.91. The predicted octanol–water partition coefficient (Wildman–Crippen LogP) is 4.29. The first-order chi connectivity index (χ1) is 8.56. The summed E-state index contributed by atoms with van der Waals surface area (Å²) in [6.07, 6.45) is 1.42. The Hall–Kier alpha value is -1.49. The van der Waals surface area contributed by atoms with Crippen molar-refractivity contribution in [3.05, 3.63) is 46.6 Å². The van der Waals surface area contributed by atoms with Crippen LogP contribution < -0.4 is 4.74 Å². The first kappa shape index (κ1) is 13.0. The molecule has 2 rings (SSSR count). The van der Waals surface area contributed by atoms with Gasteiger partial charge in [-0.3, -0.25) is 0 Å². The Labute approximate surface area is 113 Å². The van der Waals surface area contributed by atoms with Gasteiger partial charge in [0, 0.05) is 10.5 Å². The second-order valence-electron chi connectivity index (χ2n) is 4.11. The van der Waals surface area contributed by atoms with E-state index in [4.69, 9.17) is 4.74 Å². The van der Waals surface area contributed by atoms with Crippen LogP contribution in [0.25, 0.3) is 0 Å². The molecule has 2 aromatic rings. The fourth-order valence-electron chi connectivity index (χ4n) is 1.39. The van der Waals surface area contributed by atoms with E-state index in [9.17, 15) is 4.39 Å². The fraction of sp³-hybridized carbons (Fsp3) is 0.231. The minimum absolute atomic E-state index is 0.137. The molecule has 0 bridgehead atoms. The number of hydrogen-bond acceptors (Lipinski definition) is 3. The molecule has 0 amide bonds. The molecule has 0 saturated carbocycles. The molecule has 0 aliphatic rings. The number of rotatable bonds is 3. The van der Waals surface area contributed by atoms with Crippen LogP contribution in [0.4, 0.5) is 4.39 Å². The second-order valence-corrected chi connectivity index (χ2v) is 5.03. The van der Waals surface area contributed by atoms with Crippen LogP contribution in [0.15, 0.2) is 35.1 Å². The van der Waals surface area contributed by atoms with E-state index >= 15 is 0 Å². The molecule has 1 heterocycles. The predicted molar refractivity (Wildman–Crippen MR) is 70.3 cm³/mol. The topological polar surface area (TPSA) is 35.0 Å². The molecule has 0 saturated heterocycles. The van der Waals surface area contributed by atoms with Crippen molar-refractivity contribution in [2.45, 2.75) is 19.8 Å². The SMILES string of the molecule is CC(C)c1cc(Oc2cc(Br)ccc2F)ncn1. The van der Waals surface area contributed by atoms with Gasteiger partial charge in [-0.25, -0.2) is 14.4 Å². The molecule has 18 heavy (non-hydrogen) atoms. The van der Waals surface area contributed by atoms with Gasteiger partial charge in [0.2, 0.25) is 5.88 Å². The zero-order valence-corrected chi connectivity index (χ0v) is 11.6. The maximum Gasteiger partial charge on any atom is 0.222 e. The van der Waals surface area contributed by atoms with Crippen molar-refractivity contribution in [3.63, 3.8) is 0 Å². The summed E-state index contributed by atoms with van der Waals surface area (Å²) in [6.45, 7) is 4.04. The molecule has 0 N–H and O–H groups in total. The van der Waals surface area contributed by atoms with E-state index < -0.39 is 5.82 Å². The Morgan fingerprint density at radius 1 is 1.22 bits per heavy atom. The van der Waals surface area contributed by atoms with Crippen molar-refractivity contribution in [2.24, 2.45) is 0 Å². The standard InChI is InChI=1S/C13H12BrFN2O/c1-8(2)11-6-13(17-7-16-11)18-12-5-9(14)3-4-10(12)15/h3-8H,1-2H3.